The number of benzene rings is 2. The van der Waals surface area contributed by atoms with E-state index in [1.54, 1.807) is 22.9 Å². The lowest BCUT2D eigenvalue weighted by atomic mass is 10.2. The first kappa shape index (κ1) is 22.2. The Morgan fingerprint density at radius 3 is 2.59 bits per heavy atom. The summed E-state index contributed by atoms with van der Waals surface area (Å²) in [5.41, 5.74) is 2.18. The van der Waals surface area contributed by atoms with Gasteiger partial charge in [-0.2, -0.15) is 4.31 Å². The third-order valence-corrected chi connectivity index (χ3v) is 7.36. The maximum absolute atomic E-state index is 12.8. The molecule has 1 aliphatic heterocycles. The number of aryl methyl sites for hydroxylation is 1. The number of amides is 1. The zero-order chi connectivity index (χ0) is 22.6. The average Bonchev–Trinajstić information content (AvgIpc) is 3.48. The fourth-order valence-electron chi connectivity index (χ4n) is 3.72. The van der Waals surface area contributed by atoms with Crippen molar-refractivity contribution in [3.63, 3.8) is 0 Å². The second-order valence-electron chi connectivity index (χ2n) is 7.68. The predicted molar refractivity (Wildman–Crippen MR) is 120 cm³/mol. The van der Waals surface area contributed by atoms with Crippen LogP contribution < -0.4 is 10.1 Å². The van der Waals surface area contributed by atoms with Gasteiger partial charge < -0.3 is 10.1 Å². The van der Waals surface area contributed by atoms with Crippen LogP contribution in [0.1, 0.15) is 31.7 Å². The molecule has 4 rings (SSSR count). The molecule has 0 spiro atoms. The summed E-state index contributed by atoms with van der Waals surface area (Å²) < 4.78 is 34.0. The van der Waals surface area contributed by atoms with Crippen LogP contribution in [0, 0.1) is 0 Å². The number of hydrogen-bond acceptors (Lipinski definition) is 6. The van der Waals surface area contributed by atoms with Gasteiger partial charge >= 0.3 is 0 Å². The summed E-state index contributed by atoms with van der Waals surface area (Å²) in [7, 11) is -3.50. The molecule has 10 heteroatoms. The van der Waals surface area contributed by atoms with Gasteiger partial charge in [-0.05, 0) is 55.7 Å². The third-order valence-electron chi connectivity index (χ3n) is 5.46. The number of ether oxygens (including phenoxy) is 1. The molecule has 0 unspecified atom stereocenters. The largest absolute Gasteiger partial charge is 0.494 e. The molecular weight excluding hydrogens is 430 g/mol. The summed E-state index contributed by atoms with van der Waals surface area (Å²) in [4.78, 5) is 12.5. The Morgan fingerprint density at radius 2 is 1.88 bits per heavy atom. The molecule has 0 radical (unpaired) electrons. The Balaban J connectivity index is 1.34. The van der Waals surface area contributed by atoms with Crippen LogP contribution in [-0.4, -0.2) is 53.3 Å². The summed E-state index contributed by atoms with van der Waals surface area (Å²) in [5.74, 6) is 0.702. The second-order valence-corrected chi connectivity index (χ2v) is 9.62. The number of rotatable bonds is 9. The van der Waals surface area contributed by atoms with Crippen LogP contribution >= 0.6 is 0 Å². The van der Waals surface area contributed by atoms with Gasteiger partial charge in [-0.15, -0.1) is 5.10 Å². The van der Waals surface area contributed by atoms with Crippen molar-refractivity contribution in [2.24, 2.45) is 0 Å². The topological polar surface area (TPSA) is 106 Å². The van der Waals surface area contributed by atoms with Gasteiger partial charge in [0, 0.05) is 26.1 Å². The quantitative estimate of drug-likeness (QED) is 0.529. The van der Waals surface area contributed by atoms with Crippen LogP contribution in [-0.2, 0) is 27.9 Å². The van der Waals surface area contributed by atoms with Crippen LogP contribution in [0.25, 0.3) is 11.0 Å². The lowest BCUT2D eigenvalue weighted by Crippen LogP contribution is -2.27. The van der Waals surface area contributed by atoms with E-state index in [9.17, 15) is 13.2 Å². The van der Waals surface area contributed by atoms with E-state index in [2.05, 4.69) is 15.6 Å². The van der Waals surface area contributed by atoms with E-state index in [-0.39, 0.29) is 17.2 Å². The molecule has 1 saturated heterocycles. The molecular formula is C22H27N5O4S. The van der Waals surface area contributed by atoms with Crippen LogP contribution in [0.2, 0.25) is 0 Å². The summed E-state index contributed by atoms with van der Waals surface area (Å²) in [5, 5.41) is 11.1. The molecule has 1 amide bonds. The Kier molecular flexibility index (Phi) is 6.71. The summed E-state index contributed by atoms with van der Waals surface area (Å²) in [6.07, 6.45) is 2.01. The minimum absolute atomic E-state index is 0.101. The predicted octanol–water partition coefficient (Wildman–Crippen LogP) is 2.32. The van der Waals surface area contributed by atoms with E-state index >= 15 is 0 Å². The average molecular weight is 458 g/mol. The molecule has 170 valence electrons. The van der Waals surface area contributed by atoms with Crippen molar-refractivity contribution in [2.75, 3.05) is 19.7 Å². The Morgan fingerprint density at radius 1 is 1.12 bits per heavy atom. The number of carbonyl (C=O) groups excluding carboxylic acids is 1. The number of carbonyl (C=O) groups is 1. The smallest absolute Gasteiger partial charge is 0.243 e. The maximum atomic E-state index is 12.8. The minimum Gasteiger partial charge on any atom is -0.494 e. The highest BCUT2D eigenvalue weighted by atomic mass is 32.2. The fourth-order valence-corrected chi connectivity index (χ4v) is 5.26. The lowest BCUT2D eigenvalue weighted by Gasteiger charge is -2.15. The van der Waals surface area contributed by atoms with Crippen molar-refractivity contribution < 1.29 is 17.9 Å². The van der Waals surface area contributed by atoms with Gasteiger partial charge in [-0.25, -0.2) is 13.1 Å². The van der Waals surface area contributed by atoms with Crippen molar-refractivity contribution in [2.45, 2.75) is 44.2 Å². The molecule has 0 atom stereocenters. The zero-order valence-electron chi connectivity index (χ0n) is 18.0. The molecule has 0 bridgehead atoms. The van der Waals surface area contributed by atoms with Crippen LogP contribution in [0.15, 0.2) is 47.4 Å². The van der Waals surface area contributed by atoms with Gasteiger partial charge in [0.15, 0.2) is 0 Å². The van der Waals surface area contributed by atoms with Crippen LogP contribution in [0.5, 0.6) is 5.75 Å². The summed E-state index contributed by atoms with van der Waals surface area (Å²) in [6.45, 7) is 4.44. The first-order valence-corrected chi connectivity index (χ1v) is 12.2. The van der Waals surface area contributed by atoms with Crippen molar-refractivity contribution in [1.82, 2.24) is 24.6 Å². The minimum atomic E-state index is -3.50. The van der Waals surface area contributed by atoms with Gasteiger partial charge in [0.2, 0.25) is 15.9 Å². The molecule has 1 fully saturated rings. The highest BCUT2D eigenvalue weighted by Gasteiger charge is 2.27. The molecule has 1 aromatic heterocycles. The molecule has 0 aliphatic carbocycles. The molecule has 3 aromatic rings. The number of nitrogens with one attached hydrogen (secondary N) is 1. The Bertz CT molecular complexity index is 1180. The fraction of sp³-hybridized carbons (Fsp3) is 0.409. The number of fused-ring (bicyclic) bond motifs is 1. The number of hydrogen-bond donors (Lipinski definition) is 1. The summed E-state index contributed by atoms with van der Waals surface area (Å²) >= 11 is 0. The monoisotopic (exact) mass is 457 g/mol. The van der Waals surface area contributed by atoms with Crippen molar-refractivity contribution >= 4 is 27.0 Å². The van der Waals surface area contributed by atoms with Gasteiger partial charge in [0.05, 0.1) is 23.6 Å². The molecule has 1 aliphatic rings. The molecule has 1 N–H and O–H groups in total. The molecule has 2 aromatic carbocycles. The SMILES string of the molecule is CCOc1ccc(CNC(=O)CCn2nnc3cc(S(=O)(=O)N4CCCC4)ccc32)cc1. The van der Waals surface area contributed by atoms with E-state index in [1.165, 1.54) is 4.31 Å². The van der Waals surface area contributed by atoms with Crippen LogP contribution in [0.4, 0.5) is 0 Å². The van der Waals surface area contributed by atoms with Gasteiger partial charge in [0.1, 0.15) is 11.3 Å². The van der Waals surface area contributed by atoms with E-state index in [0.29, 0.717) is 43.8 Å². The molecule has 2 heterocycles. The lowest BCUT2D eigenvalue weighted by molar-refractivity contribution is -0.121. The normalized spacial score (nSPS) is 14.7. The van der Waals surface area contributed by atoms with Crippen molar-refractivity contribution in [3.05, 3.63) is 48.0 Å². The van der Waals surface area contributed by atoms with Gasteiger partial charge in [-0.1, -0.05) is 17.3 Å². The first-order chi connectivity index (χ1) is 15.5. The van der Waals surface area contributed by atoms with Crippen molar-refractivity contribution in [1.29, 1.82) is 0 Å². The van der Waals surface area contributed by atoms with Gasteiger partial charge in [0.25, 0.3) is 0 Å². The van der Waals surface area contributed by atoms with E-state index in [4.69, 9.17) is 4.74 Å². The van der Waals surface area contributed by atoms with Gasteiger partial charge in [-0.3, -0.25) is 4.79 Å². The van der Waals surface area contributed by atoms with Crippen molar-refractivity contribution in [3.8, 4) is 5.75 Å². The second kappa shape index (κ2) is 9.66. The van der Waals surface area contributed by atoms with E-state index < -0.39 is 10.0 Å². The molecule has 9 nitrogen and oxygen atoms in total. The number of aromatic nitrogens is 3. The maximum Gasteiger partial charge on any atom is 0.243 e. The van der Waals surface area contributed by atoms with Crippen LogP contribution in [0.3, 0.4) is 0 Å². The molecule has 32 heavy (non-hydrogen) atoms. The number of nitrogens with zero attached hydrogens (tertiary/aromatic N) is 4. The van der Waals surface area contributed by atoms with E-state index in [1.807, 2.05) is 31.2 Å². The Labute approximate surface area is 187 Å². The summed E-state index contributed by atoms with van der Waals surface area (Å²) in [6, 6.07) is 12.4. The highest BCUT2D eigenvalue weighted by molar-refractivity contribution is 7.89. The molecule has 0 saturated carbocycles. The zero-order valence-corrected chi connectivity index (χ0v) is 18.8. The Hall–Kier alpha value is -2.98. The number of sulfonamides is 1. The standard InChI is InChI=1S/C22H27N5O4S/c1-2-31-18-7-5-17(6-8-18)16-23-22(28)11-14-27-21-10-9-19(15-20(21)24-25-27)32(29,30)26-12-3-4-13-26/h5-10,15H,2-4,11-14,16H2,1H3,(H,23,28). The highest BCUT2D eigenvalue weighted by Crippen LogP contribution is 2.23. The van der Waals surface area contributed by atoms with E-state index in [0.717, 1.165) is 24.2 Å². The third kappa shape index (κ3) is 4.91. The first-order valence-electron chi connectivity index (χ1n) is 10.8.